The van der Waals surface area contributed by atoms with E-state index in [-0.39, 0.29) is 5.75 Å². The number of ether oxygens (including phenoxy) is 1. The van der Waals surface area contributed by atoms with Gasteiger partial charge in [0.2, 0.25) is 0 Å². The van der Waals surface area contributed by atoms with Gasteiger partial charge in [0.25, 0.3) is 0 Å². The number of nitrogens with zero attached hydrogens (tertiary/aromatic N) is 2. The molecule has 1 aromatic rings. The minimum Gasteiger partial charge on any atom is -0.507 e. The van der Waals surface area contributed by atoms with Gasteiger partial charge < -0.3 is 9.84 Å². The molecule has 19 heavy (non-hydrogen) atoms. The van der Waals surface area contributed by atoms with Gasteiger partial charge in [-0.05, 0) is 51.3 Å². The highest BCUT2D eigenvalue weighted by Crippen LogP contribution is 2.24. The lowest BCUT2D eigenvalue weighted by atomic mass is 10.00. The first-order valence-corrected chi connectivity index (χ1v) is 6.81. The molecular weight excluding hydrogens is 240 g/mol. The van der Waals surface area contributed by atoms with Crippen LogP contribution < -0.4 is 4.74 Å². The van der Waals surface area contributed by atoms with Crippen LogP contribution in [0.2, 0.25) is 0 Å². The largest absolute Gasteiger partial charge is 0.507 e. The van der Waals surface area contributed by atoms with Crippen LogP contribution in [0.3, 0.4) is 0 Å². The van der Waals surface area contributed by atoms with Gasteiger partial charge in [-0.1, -0.05) is 0 Å². The molecule has 0 bridgehead atoms. The molecule has 104 valence electrons. The number of phenols is 1. The van der Waals surface area contributed by atoms with Gasteiger partial charge in [0.05, 0.1) is 13.3 Å². The van der Waals surface area contributed by atoms with Gasteiger partial charge in [0.1, 0.15) is 11.5 Å². The molecule has 0 spiro atoms. The summed E-state index contributed by atoms with van der Waals surface area (Å²) in [7, 11) is 1.61. The van der Waals surface area contributed by atoms with E-state index in [9.17, 15) is 5.11 Å². The van der Waals surface area contributed by atoms with Crippen LogP contribution in [0.15, 0.2) is 23.3 Å². The summed E-state index contributed by atoms with van der Waals surface area (Å²) in [6.45, 7) is 4.39. The predicted molar refractivity (Wildman–Crippen MR) is 76.9 cm³/mol. The normalized spacial score (nSPS) is 23.8. The second kappa shape index (κ2) is 5.95. The lowest BCUT2D eigenvalue weighted by Crippen LogP contribution is -2.39. The summed E-state index contributed by atoms with van der Waals surface area (Å²) >= 11 is 0. The first kappa shape index (κ1) is 13.7. The summed E-state index contributed by atoms with van der Waals surface area (Å²) in [4.78, 5) is 0. The number of aromatic hydroxyl groups is 1. The summed E-state index contributed by atoms with van der Waals surface area (Å²) in [5, 5.41) is 16.5. The Morgan fingerprint density at radius 1 is 1.32 bits per heavy atom. The van der Waals surface area contributed by atoms with E-state index in [1.807, 2.05) is 0 Å². The maximum atomic E-state index is 9.83. The average molecular weight is 262 g/mol. The number of phenolic OH excluding ortho intramolecular Hbond substituents is 1. The Bertz CT molecular complexity index is 449. The van der Waals surface area contributed by atoms with Crippen LogP contribution in [-0.2, 0) is 0 Å². The molecule has 1 saturated heterocycles. The van der Waals surface area contributed by atoms with Crippen LogP contribution >= 0.6 is 0 Å². The van der Waals surface area contributed by atoms with Crippen molar-refractivity contribution >= 4 is 6.21 Å². The molecule has 1 heterocycles. The third-order valence-electron chi connectivity index (χ3n) is 3.71. The van der Waals surface area contributed by atoms with Crippen molar-refractivity contribution in [2.24, 2.45) is 5.10 Å². The maximum absolute atomic E-state index is 9.83. The SMILES string of the molecule is COc1ccc(O)c(/C=N/N2[C@H](C)CCC[C@@H]2C)c1. The van der Waals surface area contributed by atoms with Crippen molar-refractivity contribution in [1.29, 1.82) is 0 Å². The summed E-state index contributed by atoms with van der Waals surface area (Å²) in [5.74, 6) is 0.945. The van der Waals surface area contributed by atoms with Gasteiger partial charge in [-0.2, -0.15) is 5.10 Å². The van der Waals surface area contributed by atoms with Crippen molar-refractivity contribution in [2.45, 2.75) is 45.2 Å². The van der Waals surface area contributed by atoms with Crippen molar-refractivity contribution in [3.63, 3.8) is 0 Å². The molecule has 0 amide bonds. The minimum absolute atomic E-state index is 0.224. The van der Waals surface area contributed by atoms with E-state index in [0.717, 1.165) is 5.75 Å². The highest BCUT2D eigenvalue weighted by molar-refractivity contribution is 5.83. The van der Waals surface area contributed by atoms with Crippen molar-refractivity contribution in [3.8, 4) is 11.5 Å². The minimum atomic E-state index is 0.224. The Kier molecular flexibility index (Phi) is 4.30. The molecule has 0 unspecified atom stereocenters. The number of benzene rings is 1. The molecule has 4 nitrogen and oxygen atoms in total. The summed E-state index contributed by atoms with van der Waals surface area (Å²) in [6, 6.07) is 6.06. The van der Waals surface area contributed by atoms with Crippen molar-refractivity contribution < 1.29 is 9.84 Å². The average Bonchev–Trinajstić information content (AvgIpc) is 2.40. The van der Waals surface area contributed by atoms with E-state index >= 15 is 0 Å². The van der Waals surface area contributed by atoms with Gasteiger partial charge in [0, 0.05) is 17.6 Å². The number of piperidine rings is 1. The molecule has 2 atom stereocenters. The number of methoxy groups -OCH3 is 1. The smallest absolute Gasteiger partial charge is 0.124 e. The fourth-order valence-corrected chi connectivity index (χ4v) is 2.53. The number of rotatable bonds is 3. The quantitative estimate of drug-likeness (QED) is 0.852. The predicted octanol–water partition coefficient (Wildman–Crippen LogP) is 3.00. The third kappa shape index (κ3) is 3.19. The fourth-order valence-electron chi connectivity index (χ4n) is 2.53. The van der Waals surface area contributed by atoms with E-state index in [1.165, 1.54) is 19.3 Å². The highest BCUT2D eigenvalue weighted by Gasteiger charge is 2.22. The van der Waals surface area contributed by atoms with E-state index in [0.29, 0.717) is 17.6 Å². The van der Waals surface area contributed by atoms with Crippen molar-refractivity contribution in [1.82, 2.24) is 5.01 Å². The Morgan fingerprint density at radius 3 is 2.63 bits per heavy atom. The van der Waals surface area contributed by atoms with E-state index in [2.05, 4.69) is 24.0 Å². The molecule has 4 heteroatoms. The molecule has 1 aromatic carbocycles. The lowest BCUT2D eigenvalue weighted by Gasteiger charge is -2.36. The van der Waals surface area contributed by atoms with E-state index in [4.69, 9.17) is 4.74 Å². The molecular formula is C15H22N2O2. The molecule has 2 rings (SSSR count). The van der Waals surface area contributed by atoms with Gasteiger partial charge in [-0.3, -0.25) is 5.01 Å². The monoisotopic (exact) mass is 262 g/mol. The second-order valence-electron chi connectivity index (χ2n) is 5.18. The first-order valence-electron chi connectivity index (χ1n) is 6.81. The Balaban J connectivity index is 2.17. The van der Waals surface area contributed by atoms with Gasteiger partial charge in [-0.15, -0.1) is 0 Å². The van der Waals surface area contributed by atoms with Crippen LogP contribution in [0, 0.1) is 0 Å². The molecule has 1 aliphatic heterocycles. The molecule has 1 N–H and O–H groups in total. The highest BCUT2D eigenvalue weighted by atomic mass is 16.5. The molecule has 0 saturated carbocycles. The molecule has 1 fully saturated rings. The first-order chi connectivity index (χ1) is 9.11. The Hall–Kier alpha value is -1.71. The lowest BCUT2D eigenvalue weighted by molar-refractivity contribution is 0.109. The number of hydrogen-bond acceptors (Lipinski definition) is 4. The van der Waals surface area contributed by atoms with Crippen LogP contribution in [0.25, 0.3) is 0 Å². The second-order valence-corrected chi connectivity index (χ2v) is 5.18. The Labute approximate surface area is 114 Å². The number of hydrogen-bond donors (Lipinski definition) is 1. The van der Waals surface area contributed by atoms with Crippen LogP contribution in [0.4, 0.5) is 0 Å². The maximum Gasteiger partial charge on any atom is 0.124 e. The zero-order valence-corrected chi connectivity index (χ0v) is 11.8. The zero-order valence-electron chi connectivity index (χ0n) is 11.8. The standard InChI is InChI=1S/C15H22N2O2/c1-11-5-4-6-12(2)17(11)16-10-13-9-14(19-3)7-8-15(13)18/h7-12,18H,4-6H2,1-3H3/b16-10+/t11-,12+. The van der Waals surface area contributed by atoms with E-state index < -0.39 is 0 Å². The van der Waals surface area contributed by atoms with Crippen LogP contribution in [-0.4, -0.2) is 35.5 Å². The van der Waals surface area contributed by atoms with Gasteiger partial charge in [-0.25, -0.2) is 0 Å². The third-order valence-corrected chi connectivity index (χ3v) is 3.71. The van der Waals surface area contributed by atoms with Gasteiger partial charge >= 0.3 is 0 Å². The molecule has 0 aliphatic carbocycles. The van der Waals surface area contributed by atoms with Crippen LogP contribution in [0.5, 0.6) is 11.5 Å². The molecule has 1 aliphatic rings. The van der Waals surface area contributed by atoms with Gasteiger partial charge in [0.15, 0.2) is 0 Å². The topological polar surface area (TPSA) is 45.1 Å². The van der Waals surface area contributed by atoms with E-state index in [1.54, 1.807) is 31.5 Å². The molecule has 0 radical (unpaired) electrons. The summed E-state index contributed by atoms with van der Waals surface area (Å²) in [6.07, 6.45) is 5.33. The summed E-state index contributed by atoms with van der Waals surface area (Å²) < 4.78 is 5.16. The fraction of sp³-hybridized carbons (Fsp3) is 0.533. The van der Waals surface area contributed by atoms with Crippen molar-refractivity contribution in [3.05, 3.63) is 23.8 Å². The summed E-state index contributed by atoms with van der Waals surface area (Å²) in [5.41, 5.74) is 0.685. The Morgan fingerprint density at radius 2 is 2.00 bits per heavy atom. The molecule has 0 aromatic heterocycles. The zero-order chi connectivity index (χ0) is 13.8. The number of hydrazone groups is 1. The van der Waals surface area contributed by atoms with Crippen molar-refractivity contribution in [2.75, 3.05) is 7.11 Å². The van der Waals surface area contributed by atoms with Crippen LogP contribution in [0.1, 0.15) is 38.7 Å².